The minimum atomic E-state index is -0.0818. The van der Waals surface area contributed by atoms with Crippen LogP contribution >= 0.6 is 11.3 Å². The van der Waals surface area contributed by atoms with Gasteiger partial charge in [0.05, 0.1) is 24.9 Å². The van der Waals surface area contributed by atoms with Crippen molar-refractivity contribution in [3.05, 3.63) is 33.5 Å². The average Bonchev–Trinajstić information content (AvgIpc) is 3.00. The van der Waals surface area contributed by atoms with Crippen LogP contribution in [-0.2, 0) is 19.4 Å². The number of carbonyl (C=O) groups excluding carboxylic acids is 1. The monoisotopic (exact) mass is 346 g/mol. The Morgan fingerprint density at radius 3 is 2.83 bits per heavy atom. The van der Waals surface area contributed by atoms with Gasteiger partial charge in [0.25, 0.3) is 5.91 Å². The van der Waals surface area contributed by atoms with E-state index in [2.05, 4.69) is 16.9 Å². The second-order valence-corrected chi connectivity index (χ2v) is 7.27. The van der Waals surface area contributed by atoms with Crippen LogP contribution in [0.3, 0.4) is 0 Å². The third-order valence-electron chi connectivity index (χ3n) is 4.28. The molecule has 0 N–H and O–H groups in total. The lowest BCUT2D eigenvalue weighted by Crippen LogP contribution is -2.30. The summed E-state index contributed by atoms with van der Waals surface area (Å²) in [5.41, 5.74) is 1.69. The standard InChI is InChI=1S/C17H22N4O2S/c1-4-21(16(22)12-8-18-17(23-3)19-9-12)10-15-20-13-6-5-11(2)7-14(13)24-15/h8-9,11H,4-7,10H2,1-3H3/t11-/m0/s1. The molecule has 2 aromatic heterocycles. The first-order chi connectivity index (χ1) is 11.6. The third kappa shape index (κ3) is 3.56. The Morgan fingerprint density at radius 1 is 1.42 bits per heavy atom. The molecule has 0 radical (unpaired) electrons. The van der Waals surface area contributed by atoms with E-state index in [1.54, 1.807) is 16.2 Å². The van der Waals surface area contributed by atoms with Crippen LogP contribution < -0.4 is 4.74 Å². The van der Waals surface area contributed by atoms with Gasteiger partial charge in [0.2, 0.25) is 0 Å². The van der Waals surface area contributed by atoms with Gasteiger partial charge in [-0.3, -0.25) is 4.79 Å². The normalized spacial score (nSPS) is 16.5. The number of nitrogens with zero attached hydrogens (tertiary/aromatic N) is 4. The fourth-order valence-electron chi connectivity index (χ4n) is 2.87. The van der Waals surface area contributed by atoms with Gasteiger partial charge in [-0.15, -0.1) is 11.3 Å². The Hall–Kier alpha value is -2.02. The second kappa shape index (κ2) is 7.25. The lowest BCUT2D eigenvalue weighted by molar-refractivity contribution is 0.0751. The molecule has 3 rings (SSSR count). The quantitative estimate of drug-likeness (QED) is 0.833. The van der Waals surface area contributed by atoms with Crippen molar-refractivity contribution in [1.29, 1.82) is 0 Å². The van der Waals surface area contributed by atoms with Crippen LogP contribution in [0.1, 0.15) is 46.2 Å². The number of methoxy groups -OCH3 is 1. The Balaban J connectivity index is 1.73. The zero-order chi connectivity index (χ0) is 17.1. The highest BCUT2D eigenvalue weighted by Crippen LogP contribution is 2.30. The van der Waals surface area contributed by atoms with Crippen LogP contribution in [0.15, 0.2) is 12.4 Å². The van der Waals surface area contributed by atoms with Gasteiger partial charge in [-0.2, -0.15) is 0 Å². The van der Waals surface area contributed by atoms with Crippen LogP contribution in [-0.4, -0.2) is 39.4 Å². The Bertz CT molecular complexity index is 714. The molecule has 2 aromatic rings. The predicted molar refractivity (Wildman–Crippen MR) is 92.3 cm³/mol. The summed E-state index contributed by atoms with van der Waals surface area (Å²) in [6, 6.07) is 0.260. The van der Waals surface area contributed by atoms with Crippen LogP contribution in [0.2, 0.25) is 0 Å². The topological polar surface area (TPSA) is 68.2 Å². The summed E-state index contributed by atoms with van der Waals surface area (Å²) in [5, 5.41) is 1.01. The zero-order valence-corrected chi connectivity index (χ0v) is 15.1. The number of fused-ring (bicyclic) bond motifs is 1. The number of ether oxygens (including phenoxy) is 1. The van der Waals surface area contributed by atoms with Gasteiger partial charge >= 0.3 is 6.01 Å². The summed E-state index contributed by atoms with van der Waals surface area (Å²) in [6.07, 6.45) is 6.38. The molecule has 0 fully saturated rings. The van der Waals surface area contributed by atoms with E-state index in [0.29, 0.717) is 18.7 Å². The summed E-state index contributed by atoms with van der Waals surface area (Å²) in [6.45, 7) is 5.41. The number of amides is 1. The maximum Gasteiger partial charge on any atom is 0.316 e. The van der Waals surface area contributed by atoms with Crippen molar-refractivity contribution in [1.82, 2.24) is 19.9 Å². The molecule has 0 saturated carbocycles. The highest BCUT2D eigenvalue weighted by atomic mass is 32.1. The number of carbonyl (C=O) groups is 1. The molecule has 6 nitrogen and oxygen atoms in total. The molecular formula is C17H22N4O2S. The number of aryl methyl sites for hydroxylation is 1. The van der Waals surface area contributed by atoms with Crippen molar-refractivity contribution in [2.24, 2.45) is 5.92 Å². The molecule has 0 aliphatic heterocycles. The first kappa shape index (κ1) is 16.8. The van der Waals surface area contributed by atoms with Gasteiger partial charge in [0, 0.05) is 23.8 Å². The van der Waals surface area contributed by atoms with Gasteiger partial charge in [-0.05, 0) is 32.1 Å². The third-order valence-corrected chi connectivity index (χ3v) is 5.39. The minimum Gasteiger partial charge on any atom is -0.467 e. The van der Waals surface area contributed by atoms with Gasteiger partial charge in [-0.1, -0.05) is 6.92 Å². The minimum absolute atomic E-state index is 0.0818. The first-order valence-electron chi connectivity index (χ1n) is 8.23. The largest absolute Gasteiger partial charge is 0.467 e. The van der Waals surface area contributed by atoms with Gasteiger partial charge < -0.3 is 9.64 Å². The van der Waals surface area contributed by atoms with E-state index in [9.17, 15) is 4.79 Å². The van der Waals surface area contributed by atoms with Crippen LogP contribution in [0.4, 0.5) is 0 Å². The molecule has 2 heterocycles. The van der Waals surface area contributed by atoms with Crippen LogP contribution in [0.5, 0.6) is 6.01 Å². The van der Waals surface area contributed by atoms with E-state index in [4.69, 9.17) is 9.72 Å². The summed E-state index contributed by atoms with van der Waals surface area (Å²) in [5.74, 6) is 0.646. The van der Waals surface area contributed by atoms with Crippen molar-refractivity contribution in [3.63, 3.8) is 0 Å². The summed E-state index contributed by atoms with van der Waals surface area (Å²) < 4.78 is 4.93. The summed E-state index contributed by atoms with van der Waals surface area (Å²) in [4.78, 5) is 28.6. The summed E-state index contributed by atoms with van der Waals surface area (Å²) >= 11 is 1.75. The van der Waals surface area contributed by atoms with E-state index in [0.717, 1.165) is 23.8 Å². The fraction of sp³-hybridized carbons (Fsp3) is 0.529. The smallest absolute Gasteiger partial charge is 0.316 e. The first-order valence-corrected chi connectivity index (χ1v) is 9.05. The Kier molecular flexibility index (Phi) is 5.08. The Morgan fingerprint density at radius 2 is 2.17 bits per heavy atom. The van der Waals surface area contributed by atoms with Crippen LogP contribution in [0, 0.1) is 5.92 Å². The SMILES string of the molecule is CCN(Cc1nc2c(s1)C[C@@H](C)CC2)C(=O)c1cnc(OC)nc1. The van der Waals surface area contributed by atoms with E-state index in [1.807, 2.05) is 6.92 Å². The van der Waals surface area contributed by atoms with Crippen molar-refractivity contribution in [2.45, 2.75) is 39.7 Å². The molecule has 1 aliphatic carbocycles. The molecule has 7 heteroatoms. The molecule has 0 spiro atoms. The second-order valence-electron chi connectivity index (χ2n) is 6.10. The zero-order valence-electron chi connectivity index (χ0n) is 14.3. The highest BCUT2D eigenvalue weighted by molar-refractivity contribution is 7.11. The number of hydrogen-bond donors (Lipinski definition) is 0. The highest BCUT2D eigenvalue weighted by Gasteiger charge is 2.22. The maximum absolute atomic E-state index is 12.7. The molecule has 0 bridgehead atoms. The van der Waals surface area contributed by atoms with Gasteiger partial charge in [-0.25, -0.2) is 15.0 Å². The number of rotatable bonds is 5. The van der Waals surface area contributed by atoms with Crippen molar-refractivity contribution in [2.75, 3.05) is 13.7 Å². The fourth-order valence-corrected chi connectivity index (χ4v) is 4.16. The molecule has 1 aliphatic rings. The van der Waals surface area contributed by atoms with E-state index >= 15 is 0 Å². The molecule has 1 atom stereocenters. The van der Waals surface area contributed by atoms with Crippen molar-refractivity contribution >= 4 is 17.2 Å². The van der Waals surface area contributed by atoms with Crippen LogP contribution in [0.25, 0.3) is 0 Å². The molecular weight excluding hydrogens is 324 g/mol. The molecule has 0 unspecified atom stereocenters. The van der Waals surface area contributed by atoms with E-state index < -0.39 is 0 Å². The molecule has 0 aromatic carbocycles. The van der Waals surface area contributed by atoms with Crippen molar-refractivity contribution in [3.8, 4) is 6.01 Å². The van der Waals surface area contributed by atoms with E-state index in [1.165, 1.54) is 36.5 Å². The molecule has 1 amide bonds. The lowest BCUT2D eigenvalue weighted by atomic mass is 9.93. The number of thiazole rings is 1. The van der Waals surface area contributed by atoms with Gasteiger partial charge in [0.15, 0.2) is 0 Å². The number of aromatic nitrogens is 3. The number of hydrogen-bond acceptors (Lipinski definition) is 6. The maximum atomic E-state index is 12.7. The lowest BCUT2D eigenvalue weighted by Gasteiger charge is -2.19. The molecule has 24 heavy (non-hydrogen) atoms. The predicted octanol–water partition coefficient (Wildman–Crippen LogP) is 2.73. The van der Waals surface area contributed by atoms with E-state index in [-0.39, 0.29) is 11.9 Å². The molecule has 128 valence electrons. The van der Waals surface area contributed by atoms with Gasteiger partial charge in [0.1, 0.15) is 5.01 Å². The molecule has 0 saturated heterocycles. The Labute approximate surface area is 145 Å². The summed E-state index contributed by atoms with van der Waals surface area (Å²) in [7, 11) is 1.50. The average molecular weight is 346 g/mol. The van der Waals surface area contributed by atoms with Crippen molar-refractivity contribution < 1.29 is 9.53 Å².